The highest BCUT2D eigenvalue weighted by Gasteiger charge is 2.37. The molecule has 4 aromatic rings. The molecule has 1 amide bonds. The van der Waals surface area contributed by atoms with Crippen LogP contribution in [0.3, 0.4) is 0 Å². The Bertz CT molecular complexity index is 2160. The van der Waals surface area contributed by atoms with E-state index in [0.29, 0.717) is 24.8 Å². The number of hydrogen-bond acceptors (Lipinski definition) is 8. The highest BCUT2D eigenvalue weighted by Crippen LogP contribution is 2.39. The predicted octanol–water partition coefficient (Wildman–Crippen LogP) is 9.46. The first-order valence-corrected chi connectivity index (χ1v) is 22.4. The van der Waals surface area contributed by atoms with Gasteiger partial charge < -0.3 is 15.1 Å². The molecule has 1 heterocycles. The third kappa shape index (κ3) is 11.6. The molecule has 8 nitrogen and oxygen atoms in total. The average Bonchev–Trinajstić information content (AvgIpc) is 3.20. The Morgan fingerprint density at radius 3 is 2.24 bits per heavy atom. The minimum absolute atomic E-state index is 0.0793. The number of amides is 1. The predicted molar refractivity (Wildman–Crippen MR) is 231 cm³/mol. The number of halogens is 4. The fourth-order valence-corrected chi connectivity index (χ4v) is 9.70. The van der Waals surface area contributed by atoms with Crippen molar-refractivity contribution in [2.45, 2.75) is 61.0 Å². The van der Waals surface area contributed by atoms with Gasteiger partial charge in [0.25, 0.3) is 15.9 Å². The second-order valence-electron chi connectivity index (χ2n) is 15.3. The number of rotatable bonds is 15. The van der Waals surface area contributed by atoms with Crippen molar-refractivity contribution in [2.75, 3.05) is 69.3 Å². The molecule has 1 aliphatic heterocycles. The topological polar surface area (TPSA) is 85.0 Å². The number of carbonyl (C=O) groups excluding carboxylic acids is 1. The van der Waals surface area contributed by atoms with Crippen molar-refractivity contribution >= 4 is 56.2 Å². The van der Waals surface area contributed by atoms with Gasteiger partial charge in [0.1, 0.15) is 0 Å². The van der Waals surface area contributed by atoms with Crippen LogP contribution in [0.15, 0.2) is 106 Å². The molecular formula is C44H51ClF3N5O3S2. The molecule has 0 aromatic heterocycles. The molecular weight excluding hydrogens is 803 g/mol. The SMILES string of the molecule is Cc1cc(S(=O)(=O)NC(=O)c2ccc(N3CCN(CC4=C(c5ccc(Cl)cc5)CCCC4)CC3)cc2)cc(C(F)(F)F)c1N[C@H](CCN(C)C)CSc1ccccc1. The van der Waals surface area contributed by atoms with Crippen LogP contribution in [-0.4, -0.2) is 89.3 Å². The summed E-state index contributed by atoms with van der Waals surface area (Å²) in [6.45, 7) is 6.32. The lowest BCUT2D eigenvalue weighted by molar-refractivity contribution is -0.137. The molecule has 0 radical (unpaired) electrons. The molecule has 4 aromatic carbocycles. The lowest BCUT2D eigenvalue weighted by atomic mass is 9.87. The van der Waals surface area contributed by atoms with Crippen molar-refractivity contribution < 1.29 is 26.4 Å². The van der Waals surface area contributed by atoms with Crippen LogP contribution in [0.2, 0.25) is 5.02 Å². The molecule has 2 aliphatic rings. The van der Waals surface area contributed by atoms with Crippen molar-refractivity contribution in [3.05, 3.63) is 124 Å². The molecule has 0 spiro atoms. The highest BCUT2D eigenvalue weighted by atomic mass is 35.5. The van der Waals surface area contributed by atoms with E-state index in [1.54, 1.807) is 24.3 Å². The Morgan fingerprint density at radius 1 is 0.914 bits per heavy atom. The van der Waals surface area contributed by atoms with Crippen LogP contribution < -0.4 is 14.9 Å². The first kappa shape index (κ1) is 43.6. The maximum Gasteiger partial charge on any atom is 0.418 e. The quantitative estimate of drug-likeness (QED) is 0.115. The molecule has 1 saturated heterocycles. The van der Waals surface area contributed by atoms with Crippen LogP contribution in [0.5, 0.6) is 0 Å². The van der Waals surface area contributed by atoms with Crippen molar-refractivity contribution in [3.63, 3.8) is 0 Å². The Labute approximate surface area is 349 Å². The zero-order chi connectivity index (χ0) is 41.5. The number of carbonyl (C=O) groups is 1. The van der Waals surface area contributed by atoms with Gasteiger partial charge in [-0.2, -0.15) is 13.2 Å². The van der Waals surface area contributed by atoms with Crippen molar-refractivity contribution in [1.29, 1.82) is 0 Å². The molecule has 6 rings (SSSR count). The van der Waals surface area contributed by atoms with Gasteiger partial charge in [-0.3, -0.25) is 9.69 Å². The van der Waals surface area contributed by atoms with E-state index in [0.717, 1.165) is 61.2 Å². The van der Waals surface area contributed by atoms with Crippen molar-refractivity contribution in [3.8, 4) is 0 Å². The molecule has 1 fully saturated rings. The van der Waals surface area contributed by atoms with Crippen LogP contribution in [-0.2, 0) is 16.2 Å². The fraction of sp³-hybridized carbons (Fsp3) is 0.386. The van der Waals surface area contributed by atoms with Gasteiger partial charge in [0.05, 0.1) is 10.5 Å². The molecule has 310 valence electrons. The first-order chi connectivity index (χ1) is 27.7. The van der Waals surface area contributed by atoms with E-state index in [1.165, 1.54) is 54.3 Å². The van der Waals surface area contributed by atoms with Crippen LogP contribution in [0, 0.1) is 6.92 Å². The molecule has 0 unspecified atom stereocenters. The molecule has 14 heteroatoms. The zero-order valence-corrected chi connectivity index (χ0v) is 35.5. The summed E-state index contributed by atoms with van der Waals surface area (Å²) < 4.78 is 72.7. The summed E-state index contributed by atoms with van der Waals surface area (Å²) in [6, 6.07) is 25.8. The summed E-state index contributed by atoms with van der Waals surface area (Å²) in [7, 11) is -0.870. The van der Waals surface area contributed by atoms with Gasteiger partial charge in [0.15, 0.2) is 0 Å². The molecule has 58 heavy (non-hydrogen) atoms. The number of allylic oxidation sites excluding steroid dienone is 1. The van der Waals surface area contributed by atoms with E-state index in [-0.39, 0.29) is 22.9 Å². The van der Waals surface area contributed by atoms with E-state index in [1.807, 2.05) is 66.2 Å². The summed E-state index contributed by atoms with van der Waals surface area (Å²) in [6.07, 6.45) is 0.236. The summed E-state index contributed by atoms with van der Waals surface area (Å²) in [5, 5.41) is 3.83. The number of aryl methyl sites for hydroxylation is 1. The van der Waals surface area contributed by atoms with Crippen LogP contribution in [0.4, 0.5) is 24.5 Å². The second-order valence-corrected chi connectivity index (χ2v) is 18.5. The molecule has 0 saturated carbocycles. The van der Waals surface area contributed by atoms with E-state index in [9.17, 15) is 26.4 Å². The van der Waals surface area contributed by atoms with Crippen LogP contribution in [0.25, 0.3) is 5.57 Å². The largest absolute Gasteiger partial charge is 0.418 e. The van der Waals surface area contributed by atoms with Crippen molar-refractivity contribution in [2.24, 2.45) is 0 Å². The summed E-state index contributed by atoms with van der Waals surface area (Å²) in [4.78, 5) is 20.2. The molecule has 1 atom stereocenters. The smallest absolute Gasteiger partial charge is 0.381 e. The van der Waals surface area contributed by atoms with Gasteiger partial charge in [0.2, 0.25) is 0 Å². The third-order valence-electron chi connectivity index (χ3n) is 10.7. The van der Waals surface area contributed by atoms with Gasteiger partial charge in [-0.05, 0) is 137 Å². The minimum Gasteiger partial charge on any atom is -0.381 e. The number of alkyl halides is 3. The van der Waals surface area contributed by atoms with Crippen LogP contribution >= 0.6 is 23.4 Å². The normalized spacial score (nSPS) is 16.1. The van der Waals surface area contributed by atoms with E-state index >= 15 is 0 Å². The first-order valence-electron chi connectivity index (χ1n) is 19.6. The number of thioether (sulfide) groups is 1. The maximum atomic E-state index is 14.6. The molecule has 0 bridgehead atoms. The van der Waals surface area contributed by atoms with Crippen molar-refractivity contribution in [1.82, 2.24) is 14.5 Å². The third-order valence-corrected chi connectivity index (χ3v) is 13.4. The second kappa shape index (κ2) is 19.4. The summed E-state index contributed by atoms with van der Waals surface area (Å²) >= 11 is 7.67. The Kier molecular flexibility index (Phi) is 14.5. The Hall–Kier alpha value is -4.01. The van der Waals surface area contributed by atoms with Gasteiger partial charge in [-0.1, -0.05) is 47.5 Å². The standard InChI is InChI=1S/C44H51ClF3N5O3S2/c1-31-27-39(28-41(44(46,47)48)42(31)49-36(21-22-51(2)3)30-57-38-10-5-4-6-11-38)58(55,56)50-43(54)33-15-19-37(20-16-33)53-25-23-52(24-26-53)29-34-9-7-8-12-40(34)32-13-17-35(45)18-14-32/h4-6,10-11,13-20,27-28,36,49H,7-9,12,21-26,29-30H2,1-3H3,(H,50,54)/t36-/m1/s1. The fourth-order valence-electron chi connectivity index (χ4n) is 7.49. The number of hydrogen-bond donors (Lipinski definition) is 2. The maximum absolute atomic E-state index is 14.6. The highest BCUT2D eigenvalue weighted by molar-refractivity contribution is 7.99. The van der Waals surface area contributed by atoms with Gasteiger partial charge in [-0.25, -0.2) is 13.1 Å². The number of sulfonamides is 1. The Balaban J connectivity index is 1.09. The average molecular weight is 855 g/mol. The number of piperazine rings is 1. The number of anilines is 2. The van der Waals surface area contributed by atoms with Gasteiger partial charge >= 0.3 is 6.18 Å². The van der Waals surface area contributed by atoms with E-state index in [4.69, 9.17) is 11.6 Å². The molecule has 2 N–H and O–H groups in total. The molecule has 1 aliphatic carbocycles. The van der Waals surface area contributed by atoms with E-state index < -0.39 is 32.6 Å². The van der Waals surface area contributed by atoms with Gasteiger partial charge in [-0.15, -0.1) is 11.8 Å². The number of benzene rings is 4. The summed E-state index contributed by atoms with van der Waals surface area (Å²) in [5.41, 5.74) is 3.96. The number of nitrogens with zero attached hydrogens (tertiary/aromatic N) is 3. The monoisotopic (exact) mass is 853 g/mol. The van der Waals surface area contributed by atoms with Crippen LogP contribution in [0.1, 0.15) is 59.2 Å². The zero-order valence-electron chi connectivity index (χ0n) is 33.1. The lowest BCUT2D eigenvalue weighted by Crippen LogP contribution is -2.47. The Morgan fingerprint density at radius 2 is 1.59 bits per heavy atom. The van der Waals surface area contributed by atoms with Gasteiger partial charge in [0, 0.05) is 71.4 Å². The lowest BCUT2D eigenvalue weighted by Gasteiger charge is -2.37. The van der Waals surface area contributed by atoms with E-state index in [2.05, 4.69) is 27.2 Å². The summed E-state index contributed by atoms with van der Waals surface area (Å²) in [5.74, 6) is -0.436. The number of nitrogens with one attached hydrogen (secondary N) is 2. The minimum atomic E-state index is -4.86.